The van der Waals surface area contributed by atoms with Crippen LogP contribution in [0.15, 0.2) is 0 Å². The van der Waals surface area contributed by atoms with Crippen LogP contribution in [0.5, 0.6) is 0 Å². The van der Waals surface area contributed by atoms with Crippen molar-refractivity contribution in [1.82, 2.24) is 0 Å². The molecule has 0 aromatic rings. The predicted molar refractivity (Wildman–Crippen MR) is 171 cm³/mol. The summed E-state index contributed by atoms with van der Waals surface area (Å²) in [6, 6.07) is 0. The molecule has 12 unspecified atom stereocenters. The normalized spacial score (nSPS) is 42.1. The highest BCUT2D eigenvalue weighted by Gasteiger charge is 2.63. The zero-order valence-electron chi connectivity index (χ0n) is 29.1. The number of ether oxygens (including phenoxy) is 3. The Morgan fingerprint density at radius 2 is 1.20 bits per heavy atom. The fourth-order valence-electron chi connectivity index (χ4n) is 12.5. The second kappa shape index (κ2) is 11.5. The van der Waals surface area contributed by atoms with Crippen molar-refractivity contribution in [2.45, 2.75) is 143 Å². The third kappa shape index (κ3) is 5.57. The molecule has 1 N–H and O–H groups in total. The lowest BCUT2D eigenvalue weighted by atomic mass is 9.64. The average Bonchev–Trinajstić information content (AvgIpc) is 3.79. The van der Waals surface area contributed by atoms with Crippen molar-refractivity contribution in [3.8, 4) is 0 Å². The van der Waals surface area contributed by atoms with E-state index in [9.17, 15) is 19.5 Å². The lowest BCUT2D eigenvalue weighted by Gasteiger charge is -2.45. The van der Waals surface area contributed by atoms with Gasteiger partial charge in [0.15, 0.2) is 0 Å². The summed E-state index contributed by atoms with van der Waals surface area (Å²) in [4.78, 5) is 42.1. The molecule has 6 aliphatic rings. The Hall–Kier alpha value is -1.63. The first-order chi connectivity index (χ1) is 21.1. The first-order valence-electron chi connectivity index (χ1n) is 18.3. The van der Waals surface area contributed by atoms with Gasteiger partial charge in [-0.15, -0.1) is 0 Å². The van der Waals surface area contributed by atoms with Crippen LogP contribution in [0, 0.1) is 63.6 Å². The van der Waals surface area contributed by atoms with Crippen molar-refractivity contribution in [3.05, 3.63) is 0 Å². The van der Waals surface area contributed by atoms with Crippen LogP contribution >= 0.6 is 0 Å². The van der Waals surface area contributed by atoms with Crippen molar-refractivity contribution in [1.29, 1.82) is 0 Å². The van der Waals surface area contributed by atoms with E-state index in [4.69, 9.17) is 14.2 Å². The Kier molecular flexibility index (Phi) is 8.51. The maximum Gasteiger partial charge on any atom is 0.312 e. The molecule has 6 rings (SSSR count). The number of rotatable bonds is 12. The number of esters is 3. The van der Waals surface area contributed by atoms with E-state index < -0.39 is 33.4 Å². The molecule has 0 aromatic carbocycles. The predicted octanol–water partition coefficient (Wildman–Crippen LogP) is 7.27. The van der Waals surface area contributed by atoms with Gasteiger partial charge in [0.2, 0.25) is 0 Å². The lowest BCUT2D eigenvalue weighted by Crippen LogP contribution is -2.50. The van der Waals surface area contributed by atoms with E-state index in [1.54, 1.807) is 0 Å². The number of fused-ring (bicyclic) bond motifs is 10. The molecule has 0 amide bonds. The monoisotopic (exact) mass is 628 g/mol. The van der Waals surface area contributed by atoms with Gasteiger partial charge in [-0.1, -0.05) is 19.8 Å². The molecule has 6 aliphatic carbocycles. The van der Waals surface area contributed by atoms with E-state index in [0.29, 0.717) is 41.9 Å². The quantitative estimate of drug-likeness (QED) is 0.179. The van der Waals surface area contributed by atoms with E-state index in [-0.39, 0.29) is 38.0 Å². The van der Waals surface area contributed by atoms with Crippen LogP contribution in [0.4, 0.5) is 0 Å². The molecule has 0 spiro atoms. The summed E-state index contributed by atoms with van der Waals surface area (Å²) >= 11 is 0. The van der Waals surface area contributed by atoms with Gasteiger partial charge in [0.05, 0.1) is 22.9 Å². The van der Waals surface area contributed by atoms with E-state index in [0.717, 1.165) is 37.5 Å². The molecule has 7 heteroatoms. The maximum absolute atomic E-state index is 14.6. The number of aliphatic hydroxyl groups is 1. The topological polar surface area (TPSA) is 99.1 Å². The average molecular weight is 629 g/mol. The minimum absolute atomic E-state index is 0.0836. The van der Waals surface area contributed by atoms with Gasteiger partial charge in [-0.2, -0.15) is 0 Å². The molecular formula is C38H60O7. The molecule has 12 atom stereocenters. The lowest BCUT2D eigenvalue weighted by molar-refractivity contribution is -0.189. The first-order valence-corrected chi connectivity index (χ1v) is 18.3. The van der Waals surface area contributed by atoms with Gasteiger partial charge < -0.3 is 19.3 Å². The highest BCUT2D eigenvalue weighted by Crippen LogP contribution is 2.65. The van der Waals surface area contributed by atoms with Crippen LogP contribution in [-0.2, 0) is 28.6 Å². The third-order valence-corrected chi connectivity index (χ3v) is 14.4. The van der Waals surface area contributed by atoms with Crippen LogP contribution < -0.4 is 0 Å². The van der Waals surface area contributed by atoms with Crippen molar-refractivity contribution in [3.63, 3.8) is 0 Å². The Balaban J connectivity index is 1.23. The summed E-state index contributed by atoms with van der Waals surface area (Å²) in [5, 5.41) is 9.32. The zero-order chi connectivity index (χ0) is 32.6. The van der Waals surface area contributed by atoms with Gasteiger partial charge in [-0.3, -0.25) is 14.4 Å². The van der Waals surface area contributed by atoms with Crippen LogP contribution in [0.1, 0.15) is 132 Å². The van der Waals surface area contributed by atoms with Gasteiger partial charge in [-0.25, -0.2) is 0 Å². The Labute approximate surface area is 271 Å². The standard InChI is InChI=1S/C38H60O7/c1-8-35(4,32(41)43-16-15-39)22-36(5,33(42)45-38(7)20-24-18-30(38)28-14-10-12-26(24)28)21-34(2,3)31(40)44-37(6)19-23-17-29(37)27-13-9-11-25(23)27/h23-30,39H,8-22H2,1-7H3. The van der Waals surface area contributed by atoms with Crippen LogP contribution in [0.3, 0.4) is 0 Å². The van der Waals surface area contributed by atoms with Gasteiger partial charge in [0.1, 0.15) is 17.8 Å². The third-order valence-electron chi connectivity index (χ3n) is 14.4. The number of aliphatic hydroxyl groups excluding tert-OH is 1. The Morgan fingerprint density at radius 3 is 1.69 bits per heavy atom. The summed E-state index contributed by atoms with van der Waals surface area (Å²) in [5.41, 5.74) is -4.06. The molecule has 254 valence electrons. The van der Waals surface area contributed by atoms with Crippen molar-refractivity contribution < 1.29 is 33.7 Å². The highest BCUT2D eigenvalue weighted by molar-refractivity contribution is 5.83. The van der Waals surface area contributed by atoms with Crippen molar-refractivity contribution in [2.75, 3.05) is 13.2 Å². The largest absolute Gasteiger partial charge is 0.463 e. The number of hydrogen-bond acceptors (Lipinski definition) is 7. The molecule has 6 fully saturated rings. The fraction of sp³-hybridized carbons (Fsp3) is 0.921. The van der Waals surface area contributed by atoms with Crippen LogP contribution in [0.25, 0.3) is 0 Å². The van der Waals surface area contributed by atoms with E-state index in [1.807, 2.05) is 34.6 Å². The minimum atomic E-state index is -1.13. The van der Waals surface area contributed by atoms with Crippen molar-refractivity contribution in [2.24, 2.45) is 63.6 Å². The maximum atomic E-state index is 14.6. The van der Waals surface area contributed by atoms with Gasteiger partial charge in [0, 0.05) is 11.8 Å². The Bertz CT molecular complexity index is 1180. The Morgan fingerprint density at radius 1 is 0.711 bits per heavy atom. The number of hydrogen-bond donors (Lipinski definition) is 1. The van der Waals surface area contributed by atoms with Gasteiger partial charge in [0.25, 0.3) is 0 Å². The SMILES string of the molecule is CCC(C)(CC(C)(CC(C)(C)C(=O)OC1(C)CC2CC1C1CCCC21)C(=O)OC1(C)CC2CC1C1CCCC21)C(=O)OCCO. The molecule has 0 aliphatic heterocycles. The highest BCUT2D eigenvalue weighted by atomic mass is 16.6. The second-order valence-electron chi connectivity index (χ2n) is 18.1. The molecule has 0 heterocycles. The first kappa shape index (κ1) is 33.3. The molecule has 45 heavy (non-hydrogen) atoms. The summed E-state index contributed by atoms with van der Waals surface area (Å²) in [6.07, 6.45) is 12.7. The number of carbonyl (C=O) groups excluding carboxylic acids is 3. The molecule has 7 nitrogen and oxygen atoms in total. The van der Waals surface area contributed by atoms with E-state index >= 15 is 0 Å². The van der Waals surface area contributed by atoms with Crippen LogP contribution in [0.2, 0.25) is 0 Å². The smallest absolute Gasteiger partial charge is 0.312 e. The van der Waals surface area contributed by atoms with Gasteiger partial charge >= 0.3 is 17.9 Å². The molecule has 0 aromatic heterocycles. The molecule has 0 radical (unpaired) electrons. The van der Waals surface area contributed by atoms with E-state index in [2.05, 4.69) is 13.8 Å². The summed E-state index contributed by atoms with van der Waals surface area (Å²) < 4.78 is 18.6. The molecular weight excluding hydrogens is 568 g/mol. The van der Waals surface area contributed by atoms with Crippen molar-refractivity contribution >= 4 is 17.9 Å². The summed E-state index contributed by atoms with van der Waals surface area (Å²) in [5.74, 6) is 3.95. The number of carbonyl (C=O) groups is 3. The fourth-order valence-corrected chi connectivity index (χ4v) is 12.5. The summed E-state index contributed by atoms with van der Waals surface area (Å²) in [7, 11) is 0. The zero-order valence-corrected chi connectivity index (χ0v) is 29.1. The molecule has 6 saturated carbocycles. The second-order valence-corrected chi connectivity index (χ2v) is 18.1. The summed E-state index contributed by atoms with van der Waals surface area (Å²) in [6.45, 7) is 13.4. The van der Waals surface area contributed by atoms with Crippen LogP contribution in [-0.4, -0.2) is 47.4 Å². The molecule has 4 bridgehead atoms. The van der Waals surface area contributed by atoms with E-state index in [1.165, 1.54) is 38.5 Å². The minimum Gasteiger partial charge on any atom is -0.463 e. The van der Waals surface area contributed by atoms with Gasteiger partial charge in [-0.05, 0) is 148 Å². The molecule has 0 saturated heterocycles.